The van der Waals surface area contributed by atoms with Gasteiger partial charge in [-0.05, 0) is 0 Å². The molecule has 1 saturated heterocycles. The van der Waals surface area contributed by atoms with E-state index in [1.54, 1.807) is 0 Å². The van der Waals surface area contributed by atoms with Crippen LogP contribution in [0.1, 0.15) is 13.8 Å². The van der Waals surface area contributed by atoms with Gasteiger partial charge in [-0.25, -0.2) is 18.7 Å². The Morgan fingerprint density at radius 3 is 1.87 bits per heavy atom. The van der Waals surface area contributed by atoms with Gasteiger partial charge in [0, 0.05) is 26.1 Å². The lowest BCUT2D eigenvalue weighted by Crippen LogP contribution is -2.28. The van der Waals surface area contributed by atoms with Gasteiger partial charge >= 0.3 is 27.9 Å². The number of carbonyl (C=O) groups excluding carboxylic acids is 2. The fraction of sp³-hybridized carbons (Fsp3) is 0.833. The number of cyclic esters (lactones) is 2. The Morgan fingerprint density at radius 1 is 1.03 bits per heavy atom. The summed E-state index contributed by atoms with van der Waals surface area (Å²) in [5.74, 6) is 0. The average molecular weight is 488 g/mol. The van der Waals surface area contributed by atoms with Crippen LogP contribution in [0.5, 0.6) is 0 Å². The number of aliphatic hydroxyl groups excluding tert-OH is 1. The number of amides is 1. The molecule has 1 amide bonds. The van der Waals surface area contributed by atoms with Crippen LogP contribution in [0.2, 0.25) is 0 Å². The first kappa shape index (κ1) is 33.3. The van der Waals surface area contributed by atoms with Gasteiger partial charge in [0.25, 0.3) is 0 Å². The van der Waals surface area contributed by atoms with E-state index in [4.69, 9.17) is 30.4 Å². The lowest BCUT2D eigenvalue weighted by molar-refractivity contribution is 0.131. The summed E-state index contributed by atoms with van der Waals surface area (Å²) >= 11 is 0. The van der Waals surface area contributed by atoms with E-state index < -0.39 is 27.9 Å². The van der Waals surface area contributed by atoms with E-state index in [-0.39, 0.29) is 46.9 Å². The summed E-state index contributed by atoms with van der Waals surface area (Å²) < 4.78 is 41.1. The second-order valence-electron chi connectivity index (χ2n) is 4.52. The minimum Gasteiger partial charge on any atom is -0.449 e. The first-order valence-corrected chi connectivity index (χ1v) is 10.9. The van der Waals surface area contributed by atoms with Crippen LogP contribution in [0.4, 0.5) is 9.59 Å². The van der Waals surface area contributed by atoms with Crippen molar-refractivity contribution in [3.05, 3.63) is 0 Å². The minimum atomic E-state index is -4.48. The number of aliphatic hydroxyl groups is 1. The predicted molar refractivity (Wildman–Crippen MR) is 100 cm³/mol. The number of alkyl carbamates (subject to hydrolysis) is 1. The maximum absolute atomic E-state index is 10.8. The van der Waals surface area contributed by atoms with Crippen molar-refractivity contribution in [2.24, 2.45) is 5.73 Å². The summed E-state index contributed by atoms with van der Waals surface area (Å²) in [7, 11) is -8.74. The van der Waals surface area contributed by atoms with Crippen LogP contribution in [0, 0.1) is 0 Å². The fourth-order valence-electron chi connectivity index (χ4n) is 1.06. The fourth-order valence-corrected chi connectivity index (χ4v) is 1.73. The van der Waals surface area contributed by atoms with Gasteiger partial charge in [-0.1, -0.05) is 7.43 Å². The van der Waals surface area contributed by atoms with E-state index in [9.17, 15) is 18.7 Å². The van der Waals surface area contributed by atoms with Gasteiger partial charge in [-0.2, -0.15) is 0 Å². The topological polar surface area (TPSA) is 254 Å². The number of carbonyl (C=O) groups is 2. The molecule has 0 saturated carbocycles. The molecule has 0 spiro atoms. The molecule has 0 aromatic rings. The average Bonchev–Trinajstić information content (AvgIpc) is 3.08. The number of hydrogen-bond acceptors (Lipinski definition) is 11. The molecule has 0 atom stereocenters. The third-order valence-electron chi connectivity index (χ3n) is 2.07. The standard InChI is InChI=1S/C6H14NO7P.C3H4O3.C2H8NO4P.CH4/c8-3-1-4-13-6(9)7-2-5-14-15(10,11)12;4-3-5-1-2-6-3;3-1-2-7-8(4,5)6;/h8H,1-5H2,(H,7,9)(H2,10,11,12);1-2H2;1-3H2,(H2,4,5,6);1H4. The lowest BCUT2D eigenvalue weighted by atomic mass is 10.5. The summed E-state index contributed by atoms with van der Waals surface area (Å²) in [5, 5.41) is 10.6. The molecule has 0 aliphatic carbocycles. The van der Waals surface area contributed by atoms with Crippen molar-refractivity contribution in [1.82, 2.24) is 5.32 Å². The van der Waals surface area contributed by atoms with Gasteiger partial charge in [-0.15, -0.1) is 0 Å². The third kappa shape index (κ3) is 31.4. The molecule has 1 heterocycles. The number of phosphoric acid groups is 2. The lowest BCUT2D eigenvalue weighted by Gasteiger charge is -2.07. The monoisotopic (exact) mass is 488 g/mol. The second kappa shape index (κ2) is 19.6. The summed E-state index contributed by atoms with van der Waals surface area (Å²) in [6, 6.07) is 0. The summed E-state index contributed by atoms with van der Waals surface area (Å²) in [5.41, 5.74) is 4.87. The highest BCUT2D eigenvalue weighted by atomic mass is 31.2. The summed E-state index contributed by atoms with van der Waals surface area (Å²) in [6.45, 7) is 0.478. The van der Waals surface area contributed by atoms with Gasteiger partial charge in [0.1, 0.15) is 13.2 Å². The van der Waals surface area contributed by atoms with E-state index in [1.165, 1.54) is 0 Å². The maximum Gasteiger partial charge on any atom is 0.508 e. The molecule has 16 nitrogen and oxygen atoms in total. The van der Waals surface area contributed by atoms with E-state index in [1.807, 2.05) is 0 Å². The predicted octanol–water partition coefficient (Wildman–Crippen LogP) is -0.952. The van der Waals surface area contributed by atoms with Crippen LogP contribution >= 0.6 is 15.6 Å². The molecule has 0 aromatic carbocycles. The molecular formula is C12H30N2O14P2. The van der Waals surface area contributed by atoms with Crippen LogP contribution < -0.4 is 11.1 Å². The Morgan fingerprint density at radius 2 is 1.53 bits per heavy atom. The highest BCUT2D eigenvalue weighted by Crippen LogP contribution is 2.35. The van der Waals surface area contributed by atoms with Gasteiger partial charge in [0.15, 0.2) is 0 Å². The van der Waals surface area contributed by atoms with E-state index >= 15 is 0 Å². The Balaban J connectivity index is -0.000000405. The first-order valence-electron chi connectivity index (χ1n) is 7.82. The Bertz CT molecular complexity index is 529. The highest BCUT2D eigenvalue weighted by Gasteiger charge is 2.13. The molecule has 1 rings (SSSR count). The Kier molecular flexibility index (Phi) is 21.8. The van der Waals surface area contributed by atoms with Crippen LogP contribution in [0.3, 0.4) is 0 Å². The number of rotatable bonds is 10. The number of nitrogens with one attached hydrogen (secondary N) is 1. The Labute approximate surface area is 173 Å². The molecule has 0 bridgehead atoms. The summed E-state index contributed by atoms with van der Waals surface area (Å²) in [4.78, 5) is 53.1. The zero-order valence-electron chi connectivity index (χ0n) is 15.2. The van der Waals surface area contributed by atoms with Gasteiger partial charge in [0.05, 0.1) is 19.8 Å². The molecular weight excluding hydrogens is 458 g/mol. The Hall–Kier alpha value is -1.32. The van der Waals surface area contributed by atoms with Crippen LogP contribution in [0.25, 0.3) is 0 Å². The quantitative estimate of drug-likeness (QED) is 0.111. The molecule has 18 heteroatoms. The molecule has 1 fully saturated rings. The molecule has 1 aliphatic heterocycles. The van der Waals surface area contributed by atoms with Crippen molar-refractivity contribution in [2.45, 2.75) is 13.8 Å². The summed E-state index contributed by atoms with van der Waals surface area (Å²) in [6.07, 6.45) is -0.931. The van der Waals surface area contributed by atoms with Gasteiger partial charge in [0.2, 0.25) is 0 Å². The largest absolute Gasteiger partial charge is 0.508 e. The number of nitrogens with two attached hydrogens (primary N) is 1. The highest BCUT2D eigenvalue weighted by molar-refractivity contribution is 7.46. The molecule has 0 aromatic heterocycles. The molecule has 8 N–H and O–H groups in total. The van der Waals surface area contributed by atoms with E-state index in [2.05, 4.69) is 28.6 Å². The van der Waals surface area contributed by atoms with Crippen molar-refractivity contribution in [3.63, 3.8) is 0 Å². The molecule has 30 heavy (non-hydrogen) atoms. The maximum atomic E-state index is 10.8. The van der Waals surface area contributed by atoms with Crippen molar-refractivity contribution in [1.29, 1.82) is 0 Å². The normalized spacial score (nSPS) is 12.7. The first-order chi connectivity index (χ1) is 13.4. The molecule has 0 radical (unpaired) electrons. The SMILES string of the molecule is C.NCCOP(=O)(O)O.O=C(NCCOP(=O)(O)O)OCCCO.O=C1OCCO1. The number of hydrogen-bond donors (Lipinski definition) is 7. The van der Waals surface area contributed by atoms with Crippen molar-refractivity contribution in [3.8, 4) is 0 Å². The smallest absolute Gasteiger partial charge is 0.449 e. The zero-order chi connectivity index (χ0) is 22.8. The third-order valence-corrected chi connectivity index (χ3v) is 3.10. The number of phosphoric ester groups is 2. The van der Waals surface area contributed by atoms with Crippen molar-refractivity contribution < 1.29 is 66.7 Å². The van der Waals surface area contributed by atoms with E-state index in [0.29, 0.717) is 19.6 Å². The molecule has 1 aliphatic rings. The zero-order valence-corrected chi connectivity index (χ0v) is 17.0. The van der Waals surface area contributed by atoms with Gasteiger partial charge in [-0.3, -0.25) is 9.05 Å². The van der Waals surface area contributed by atoms with Crippen LogP contribution in [-0.4, -0.2) is 89.7 Å². The van der Waals surface area contributed by atoms with Crippen molar-refractivity contribution >= 4 is 27.9 Å². The van der Waals surface area contributed by atoms with Crippen LogP contribution in [-0.2, 0) is 32.4 Å². The van der Waals surface area contributed by atoms with E-state index in [0.717, 1.165) is 0 Å². The molecule has 0 unspecified atom stereocenters. The second-order valence-corrected chi connectivity index (χ2v) is 7.00. The van der Waals surface area contributed by atoms with Crippen molar-refractivity contribution in [2.75, 3.05) is 52.7 Å². The minimum absolute atomic E-state index is 0. The van der Waals surface area contributed by atoms with Crippen LogP contribution in [0.15, 0.2) is 0 Å². The van der Waals surface area contributed by atoms with Gasteiger partial charge < -0.3 is 49.9 Å². The number of ether oxygens (including phenoxy) is 3. The molecule has 182 valence electrons.